The standard InChI is InChI=1S/C22H27NO3/c1-22(2)25-20-15-23(14-17-7-5-4-6-8-17)19(21(20)26-22)13-16-9-11-18(24-3)12-10-16/h4-12,19-21H,13-15H2,1-3H3/t19-,20-,21+/m1/s1. The Morgan fingerprint density at radius 1 is 1.00 bits per heavy atom. The summed E-state index contributed by atoms with van der Waals surface area (Å²) in [7, 11) is 1.70. The second kappa shape index (κ2) is 7.03. The Morgan fingerprint density at radius 2 is 1.73 bits per heavy atom. The molecule has 26 heavy (non-hydrogen) atoms. The lowest BCUT2D eigenvalue weighted by Gasteiger charge is -2.30. The zero-order valence-corrected chi connectivity index (χ0v) is 15.7. The monoisotopic (exact) mass is 353 g/mol. The number of likely N-dealkylation sites (tertiary alicyclic amines) is 1. The van der Waals surface area contributed by atoms with Gasteiger partial charge in [-0.05, 0) is 43.5 Å². The van der Waals surface area contributed by atoms with Crippen LogP contribution in [0.1, 0.15) is 25.0 Å². The van der Waals surface area contributed by atoms with E-state index in [0.29, 0.717) is 6.04 Å². The smallest absolute Gasteiger partial charge is 0.163 e. The van der Waals surface area contributed by atoms with Gasteiger partial charge < -0.3 is 14.2 Å². The molecule has 3 atom stereocenters. The van der Waals surface area contributed by atoms with E-state index in [1.807, 2.05) is 26.0 Å². The predicted molar refractivity (Wildman–Crippen MR) is 101 cm³/mol. The van der Waals surface area contributed by atoms with E-state index in [9.17, 15) is 0 Å². The summed E-state index contributed by atoms with van der Waals surface area (Å²) in [5.41, 5.74) is 2.62. The second-order valence-electron chi connectivity index (χ2n) is 7.67. The number of benzene rings is 2. The SMILES string of the molecule is COc1ccc(C[C@@H]2[C@@H]3OC(C)(C)O[C@@H]3CN2Cc2ccccc2)cc1. The molecule has 4 heteroatoms. The lowest BCUT2D eigenvalue weighted by Crippen LogP contribution is -2.39. The minimum absolute atomic E-state index is 0.107. The molecule has 2 aliphatic heterocycles. The van der Waals surface area contributed by atoms with Crippen molar-refractivity contribution in [2.45, 2.75) is 50.8 Å². The maximum absolute atomic E-state index is 6.28. The molecule has 2 aliphatic rings. The Labute approximate surface area is 155 Å². The quantitative estimate of drug-likeness (QED) is 0.821. The van der Waals surface area contributed by atoms with Crippen molar-refractivity contribution in [2.75, 3.05) is 13.7 Å². The molecule has 4 nitrogen and oxygen atoms in total. The van der Waals surface area contributed by atoms with E-state index < -0.39 is 5.79 Å². The molecule has 0 unspecified atom stereocenters. The number of ether oxygens (including phenoxy) is 3. The van der Waals surface area contributed by atoms with Gasteiger partial charge in [-0.2, -0.15) is 0 Å². The first-order chi connectivity index (χ1) is 12.5. The molecule has 0 aromatic heterocycles. The third kappa shape index (κ3) is 3.63. The van der Waals surface area contributed by atoms with Gasteiger partial charge in [0.05, 0.1) is 7.11 Å². The molecule has 2 aromatic rings. The molecule has 2 fully saturated rings. The highest BCUT2D eigenvalue weighted by molar-refractivity contribution is 5.28. The van der Waals surface area contributed by atoms with Crippen LogP contribution < -0.4 is 4.74 Å². The lowest BCUT2D eigenvalue weighted by atomic mass is 10.0. The van der Waals surface area contributed by atoms with E-state index >= 15 is 0 Å². The van der Waals surface area contributed by atoms with Crippen LogP contribution in [-0.4, -0.2) is 42.6 Å². The summed E-state index contributed by atoms with van der Waals surface area (Å²) in [6.45, 7) is 5.85. The fourth-order valence-electron chi connectivity index (χ4n) is 4.15. The second-order valence-corrected chi connectivity index (χ2v) is 7.67. The Hall–Kier alpha value is -1.88. The molecule has 0 bridgehead atoms. The van der Waals surface area contributed by atoms with Gasteiger partial charge in [0.15, 0.2) is 5.79 Å². The Morgan fingerprint density at radius 3 is 2.42 bits per heavy atom. The summed E-state index contributed by atoms with van der Waals surface area (Å²) in [4.78, 5) is 2.50. The summed E-state index contributed by atoms with van der Waals surface area (Å²) in [5.74, 6) is 0.396. The third-order valence-corrected chi connectivity index (χ3v) is 5.32. The first-order valence-electron chi connectivity index (χ1n) is 9.31. The van der Waals surface area contributed by atoms with Crippen molar-refractivity contribution in [3.63, 3.8) is 0 Å². The third-order valence-electron chi connectivity index (χ3n) is 5.32. The van der Waals surface area contributed by atoms with E-state index in [0.717, 1.165) is 25.3 Å². The Bertz CT molecular complexity index is 729. The number of fused-ring (bicyclic) bond motifs is 1. The van der Waals surface area contributed by atoms with Gasteiger partial charge in [-0.25, -0.2) is 0 Å². The van der Waals surface area contributed by atoms with Crippen molar-refractivity contribution in [3.05, 3.63) is 65.7 Å². The van der Waals surface area contributed by atoms with E-state index in [2.05, 4.69) is 47.4 Å². The van der Waals surface area contributed by atoms with E-state index in [4.69, 9.17) is 14.2 Å². The van der Waals surface area contributed by atoms with Crippen LogP contribution >= 0.6 is 0 Å². The van der Waals surface area contributed by atoms with Crippen LogP contribution in [0.3, 0.4) is 0 Å². The maximum Gasteiger partial charge on any atom is 0.163 e. The van der Waals surface area contributed by atoms with Crippen LogP contribution in [0.4, 0.5) is 0 Å². The molecule has 0 N–H and O–H groups in total. The summed E-state index contributed by atoms with van der Waals surface area (Å²) in [5, 5.41) is 0. The number of hydrogen-bond donors (Lipinski definition) is 0. The molecule has 0 amide bonds. The molecular formula is C22H27NO3. The topological polar surface area (TPSA) is 30.9 Å². The van der Waals surface area contributed by atoms with E-state index in [1.165, 1.54) is 11.1 Å². The number of rotatable bonds is 5. The molecule has 4 rings (SSSR count). The number of methoxy groups -OCH3 is 1. The molecule has 2 heterocycles. The predicted octanol–water partition coefficient (Wildman–Crippen LogP) is 3.64. The zero-order chi connectivity index (χ0) is 18.1. The minimum atomic E-state index is -0.494. The normalized spacial score (nSPS) is 27.4. The number of hydrogen-bond acceptors (Lipinski definition) is 4. The number of nitrogens with zero attached hydrogens (tertiary/aromatic N) is 1. The highest BCUT2D eigenvalue weighted by Crippen LogP contribution is 2.38. The fraction of sp³-hybridized carbons (Fsp3) is 0.455. The van der Waals surface area contributed by atoms with Gasteiger partial charge >= 0.3 is 0 Å². The van der Waals surface area contributed by atoms with Gasteiger partial charge in [-0.1, -0.05) is 42.5 Å². The van der Waals surface area contributed by atoms with Gasteiger partial charge in [-0.3, -0.25) is 4.90 Å². The summed E-state index contributed by atoms with van der Waals surface area (Å²) in [6, 6.07) is 19.3. The molecule has 0 spiro atoms. The molecule has 0 radical (unpaired) electrons. The van der Waals surface area contributed by atoms with Crippen LogP contribution in [0, 0.1) is 0 Å². The first-order valence-corrected chi connectivity index (χ1v) is 9.31. The van der Waals surface area contributed by atoms with Gasteiger partial charge in [0, 0.05) is 19.1 Å². The van der Waals surface area contributed by atoms with Crippen molar-refractivity contribution >= 4 is 0 Å². The average Bonchev–Trinajstić information content (AvgIpc) is 3.09. The molecule has 138 valence electrons. The summed E-state index contributed by atoms with van der Waals surface area (Å²) < 4.78 is 17.7. The summed E-state index contributed by atoms with van der Waals surface area (Å²) in [6.07, 6.45) is 1.19. The van der Waals surface area contributed by atoms with E-state index in [1.54, 1.807) is 7.11 Å². The van der Waals surface area contributed by atoms with Gasteiger partial charge in [0.1, 0.15) is 18.0 Å². The van der Waals surface area contributed by atoms with Crippen molar-refractivity contribution in [1.82, 2.24) is 4.90 Å². The summed E-state index contributed by atoms with van der Waals surface area (Å²) >= 11 is 0. The first kappa shape index (κ1) is 17.5. The van der Waals surface area contributed by atoms with Crippen LogP contribution in [0.5, 0.6) is 5.75 Å². The van der Waals surface area contributed by atoms with Crippen LogP contribution in [0.25, 0.3) is 0 Å². The highest BCUT2D eigenvalue weighted by Gasteiger charge is 2.52. The largest absolute Gasteiger partial charge is 0.497 e. The molecule has 0 saturated carbocycles. The maximum atomic E-state index is 6.28. The average molecular weight is 353 g/mol. The van der Waals surface area contributed by atoms with E-state index in [-0.39, 0.29) is 12.2 Å². The van der Waals surface area contributed by atoms with Crippen molar-refractivity contribution in [2.24, 2.45) is 0 Å². The van der Waals surface area contributed by atoms with Crippen molar-refractivity contribution in [1.29, 1.82) is 0 Å². The Kier molecular flexibility index (Phi) is 4.74. The van der Waals surface area contributed by atoms with Crippen LogP contribution in [0.15, 0.2) is 54.6 Å². The molecule has 2 saturated heterocycles. The van der Waals surface area contributed by atoms with Gasteiger partial charge in [-0.15, -0.1) is 0 Å². The fourth-order valence-corrected chi connectivity index (χ4v) is 4.15. The van der Waals surface area contributed by atoms with Crippen LogP contribution in [0.2, 0.25) is 0 Å². The molecule has 0 aliphatic carbocycles. The molecular weight excluding hydrogens is 326 g/mol. The molecule has 2 aromatic carbocycles. The lowest BCUT2D eigenvalue weighted by molar-refractivity contribution is -0.161. The van der Waals surface area contributed by atoms with Gasteiger partial charge in [0.2, 0.25) is 0 Å². The Balaban J connectivity index is 1.55. The zero-order valence-electron chi connectivity index (χ0n) is 15.7. The van der Waals surface area contributed by atoms with Gasteiger partial charge in [0.25, 0.3) is 0 Å². The van der Waals surface area contributed by atoms with Crippen LogP contribution in [-0.2, 0) is 22.4 Å². The van der Waals surface area contributed by atoms with Crippen molar-refractivity contribution < 1.29 is 14.2 Å². The highest BCUT2D eigenvalue weighted by atomic mass is 16.8. The minimum Gasteiger partial charge on any atom is -0.497 e. The van der Waals surface area contributed by atoms with Crippen molar-refractivity contribution in [3.8, 4) is 5.75 Å².